The number of aryl methyl sites for hydroxylation is 1. The number of nitrogens with zero attached hydrogens (tertiary/aromatic N) is 1. The van der Waals surface area contributed by atoms with Crippen LogP contribution in [-0.4, -0.2) is 23.1 Å². The average molecular weight is 259 g/mol. The van der Waals surface area contributed by atoms with Gasteiger partial charge in [0.05, 0.1) is 18.8 Å². The number of aromatic nitrogens is 2. The maximum atomic E-state index is 5.45. The lowest BCUT2D eigenvalue weighted by atomic mass is 10.1. The second-order valence-corrected chi connectivity index (χ2v) is 4.39. The van der Waals surface area contributed by atoms with Gasteiger partial charge < -0.3 is 15.0 Å². The molecule has 4 heteroatoms. The van der Waals surface area contributed by atoms with Crippen molar-refractivity contribution < 1.29 is 4.74 Å². The fraction of sp³-hybridized carbons (Fsp3) is 0.400. The van der Waals surface area contributed by atoms with Crippen molar-refractivity contribution in [2.45, 2.75) is 27.3 Å². The van der Waals surface area contributed by atoms with Gasteiger partial charge in [-0.3, -0.25) is 0 Å². The zero-order valence-corrected chi connectivity index (χ0v) is 11.8. The molecule has 0 aliphatic rings. The van der Waals surface area contributed by atoms with Crippen LogP contribution in [-0.2, 0) is 6.54 Å². The van der Waals surface area contributed by atoms with Gasteiger partial charge in [-0.2, -0.15) is 0 Å². The van der Waals surface area contributed by atoms with Crippen LogP contribution in [0, 0.1) is 6.92 Å². The van der Waals surface area contributed by atoms with Crippen molar-refractivity contribution in [1.82, 2.24) is 15.3 Å². The summed E-state index contributed by atoms with van der Waals surface area (Å²) in [4.78, 5) is 7.95. The van der Waals surface area contributed by atoms with E-state index < -0.39 is 0 Å². The molecular weight excluding hydrogens is 238 g/mol. The number of imidazole rings is 1. The Bertz CT molecular complexity index is 517. The minimum atomic E-state index is 0.688. The smallest absolute Gasteiger partial charge is 0.121 e. The monoisotopic (exact) mass is 259 g/mol. The van der Waals surface area contributed by atoms with E-state index >= 15 is 0 Å². The highest BCUT2D eigenvalue weighted by molar-refractivity contribution is 5.62. The predicted octanol–water partition coefficient (Wildman–Crippen LogP) is 2.89. The lowest BCUT2D eigenvalue weighted by molar-refractivity contribution is 0.340. The largest absolute Gasteiger partial charge is 0.494 e. The summed E-state index contributed by atoms with van der Waals surface area (Å²) in [7, 11) is 0. The van der Waals surface area contributed by atoms with Gasteiger partial charge in [0.1, 0.15) is 11.6 Å². The third-order valence-corrected chi connectivity index (χ3v) is 2.91. The SMILES string of the molecule is CCNCc1nc(-c2ccc(OCC)cc2)c(C)[nH]1. The molecule has 4 nitrogen and oxygen atoms in total. The third kappa shape index (κ3) is 3.35. The lowest BCUT2D eigenvalue weighted by Crippen LogP contribution is -2.12. The van der Waals surface area contributed by atoms with Gasteiger partial charge in [0, 0.05) is 11.3 Å². The predicted molar refractivity (Wildman–Crippen MR) is 77.3 cm³/mol. The summed E-state index contributed by atoms with van der Waals surface area (Å²) >= 11 is 0. The van der Waals surface area contributed by atoms with E-state index in [1.807, 2.05) is 38.1 Å². The number of nitrogens with one attached hydrogen (secondary N) is 2. The molecule has 0 radical (unpaired) electrons. The van der Waals surface area contributed by atoms with Crippen molar-refractivity contribution in [2.24, 2.45) is 0 Å². The molecule has 0 aliphatic heterocycles. The van der Waals surface area contributed by atoms with E-state index in [9.17, 15) is 0 Å². The highest BCUT2D eigenvalue weighted by atomic mass is 16.5. The highest BCUT2D eigenvalue weighted by Crippen LogP contribution is 2.23. The van der Waals surface area contributed by atoms with E-state index in [0.29, 0.717) is 6.61 Å². The van der Waals surface area contributed by atoms with Gasteiger partial charge in [-0.25, -0.2) is 4.98 Å². The molecule has 0 saturated heterocycles. The van der Waals surface area contributed by atoms with Crippen LogP contribution >= 0.6 is 0 Å². The zero-order valence-electron chi connectivity index (χ0n) is 11.8. The Labute approximate surface area is 114 Å². The molecular formula is C15H21N3O. The molecule has 19 heavy (non-hydrogen) atoms. The van der Waals surface area contributed by atoms with Gasteiger partial charge >= 0.3 is 0 Å². The van der Waals surface area contributed by atoms with E-state index in [4.69, 9.17) is 4.74 Å². The molecule has 0 spiro atoms. The first kappa shape index (κ1) is 13.6. The first-order valence-corrected chi connectivity index (χ1v) is 6.74. The second-order valence-electron chi connectivity index (χ2n) is 4.39. The van der Waals surface area contributed by atoms with Crippen LogP contribution in [0.1, 0.15) is 25.4 Å². The molecule has 2 aromatic rings. The number of rotatable bonds is 6. The number of aromatic amines is 1. The molecule has 1 aromatic carbocycles. The molecule has 0 fully saturated rings. The summed E-state index contributed by atoms with van der Waals surface area (Å²) in [5.74, 6) is 1.87. The fourth-order valence-electron chi connectivity index (χ4n) is 2.01. The van der Waals surface area contributed by atoms with Gasteiger partial charge in [0.15, 0.2) is 0 Å². The van der Waals surface area contributed by atoms with Crippen LogP contribution in [0.5, 0.6) is 5.75 Å². The molecule has 2 rings (SSSR count). The van der Waals surface area contributed by atoms with Gasteiger partial charge in [-0.1, -0.05) is 6.92 Å². The molecule has 0 bridgehead atoms. The zero-order chi connectivity index (χ0) is 13.7. The molecule has 0 atom stereocenters. The molecule has 2 N–H and O–H groups in total. The molecule has 0 aliphatic carbocycles. The van der Waals surface area contributed by atoms with Gasteiger partial charge in [-0.05, 0) is 44.7 Å². The van der Waals surface area contributed by atoms with Crippen molar-refractivity contribution in [3.63, 3.8) is 0 Å². The van der Waals surface area contributed by atoms with Crippen LogP contribution in [0.15, 0.2) is 24.3 Å². The van der Waals surface area contributed by atoms with Gasteiger partial charge in [-0.15, -0.1) is 0 Å². The summed E-state index contributed by atoms with van der Waals surface area (Å²) in [5.41, 5.74) is 3.22. The summed E-state index contributed by atoms with van der Waals surface area (Å²) in [6.45, 7) is 8.52. The summed E-state index contributed by atoms with van der Waals surface area (Å²) < 4.78 is 5.45. The third-order valence-electron chi connectivity index (χ3n) is 2.91. The van der Waals surface area contributed by atoms with Crippen molar-refractivity contribution in [1.29, 1.82) is 0 Å². The summed E-state index contributed by atoms with van der Waals surface area (Å²) in [6, 6.07) is 8.06. The van der Waals surface area contributed by atoms with Crippen molar-refractivity contribution >= 4 is 0 Å². The van der Waals surface area contributed by atoms with Gasteiger partial charge in [0.25, 0.3) is 0 Å². The normalized spacial score (nSPS) is 10.7. The molecule has 1 heterocycles. The first-order valence-electron chi connectivity index (χ1n) is 6.74. The number of hydrogen-bond acceptors (Lipinski definition) is 3. The number of benzene rings is 1. The summed E-state index contributed by atoms with van der Waals surface area (Å²) in [6.07, 6.45) is 0. The maximum absolute atomic E-state index is 5.45. The molecule has 0 saturated carbocycles. The van der Waals surface area contributed by atoms with Gasteiger partial charge in [0.2, 0.25) is 0 Å². The summed E-state index contributed by atoms with van der Waals surface area (Å²) in [5, 5.41) is 3.27. The van der Waals surface area contributed by atoms with Crippen LogP contribution in [0.25, 0.3) is 11.3 Å². The van der Waals surface area contributed by atoms with Crippen molar-refractivity contribution in [3.8, 4) is 17.0 Å². The van der Waals surface area contributed by atoms with E-state index in [0.717, 1.165) is 41.6 Å². The van der Waals surface area contributed by atoms with Crippen molar-refractivity contribution in [2.75, 3.05) is 13.2 Å². The van der Waals surface area contributed by atoms with Crippen molar-refractivity contribution in [3.05, 3.63) is 35.8 Å². The van der Waals surface area contributed by atoms with Crippen LogP contribution < -0.4 is 10.1 Å². The van der Waals surface area contributed by atoms with E-state index in [1.165, 1.54) is 0 Å². The minimum Gasteiger partial charge on any atom is -0.494 e. The number of ether oxygens (including phenoxy) is 1. The Morgan fingerprint density at radius 2 is 1.95 bits per heavy atom. The first-order chi connectivity index (χ1) is 9.24. The Kier molecular flexibility index (Phi) is 4.58. The van der Waals surface area contributed by atoms with E-state index in [1.54, 1.807) is 0 Å². The van der Waals surface area contributed by atoms with Crippen LogP contribution in [0.3, 0.4) is 0 Å². The topological polar surface area (TPSA) is 49.9 Å². The lowest BCUT2D eigenvalue weighted by Gasteiger charge is -2.03. The molecule has 1 aromatic heterocycles. The number of H-pyrrole nitrogens is 1. The fourth-order valence-corrected chi connectivity index (χ4v) is 2.01. The molecule has 0 unspecified atom stereocenters. The Hall–Kier alpha value is -1.81. The molecule has 0 amide bonds. The standard InChI is InChI=1S/C15H21N3O/c1-4-16-10-14-17-11(3)15(18-14)12-6-8-13(9-7-12)19-5-2/h6-9,16H,4-5,10H2,1-3H3,(H,17,18). The van der Waals surface area contributed by atoms with Crippen LogP contribution in [0.4, 0.5) is 0 Å². The maximum Gasteiger partial charge on any atom is 0.121 e. The van der Waals surface area contributed by atoms with Crippen LogP contribution in [0.2, 0.25) is 0 Å². The van der Waals surface area contributed by atoms with E-state index in [2.05, 4.69) is 22.2 Å². The number of hydrogen-bond donors (Lipinski definition) is 2. The quantitative estimate of drug-likeness (QED) is 0.838. The highest BCUT2D eigenvalue weighted by Gasteiger charge is 2.08. The Balaban J connectivity index is 2.18. The Morgan fingerprint density at radius 3 is 2.58 bits per heavy atom. The average Bonchev–Trinajstić information content (AvgIpc) is 2.79. The van der Waals surface area contributed by atoms with E-state index in [-0.39, 0.29) is 0 Å². The minimum absolute atomic E-state index is 0.688. The second kappa shape index (κ2) is 6.38. The Morgan fingerprint density at radius 1 is 1.21 bits per heavy atom. The molecule has 102 valence electrons.